The van der Waals surface area contributed by atoms with E-state index in [2.05, 4.69) is 13.2 Å². The van der Waals surface area contributed by atoms with Crippen LogP contribution in [-0.2, 0) is 0 Å². The Morgan fingerprint density at radius 1 is 1.24 bits per heavy atom. The zero-order valence-corrected chi connectivity index (χ0v) is 10.0. The quantitative estimate of drug-likeness (QED) is 0.386. The van der Waals surface area contributed by atoms with Gasteiger partial charge in [-0.15, -0.1) is 6.58 Å². The van der Waals surface area contributed by atoms with Gasteiger partial charge in [0.05, 0.1) is 5.56 Å². The highest BCUT2D eigenvalue weighted by atomic mass is 16.5. The fourth-order valence-electron chi connectivity index (χ4n) is 1.51. The summed E-state index contributed by atoms with van der Waals surface area (Å²) in [7, 11) is 0. The van der Waals surface area contributed by atoms with Gasteiger partial charge in [0.25, 0.3) is 0 Å². The van der Waals surface area contributed by atoms with E-state index in [-0.39, 0.29) is 5.78 Å². The molecule has 0 unspecified atom stereocenters. The molecule has 0 heterocycles. The zero-order chi connectivity index (χ0) is 12.5. The molecule has 2 heteroatoms. The van der Waals surface area contributed by atoms with Gasteiger partial charge < -0.3 is 4.74 Å². The molecule has 0 saturated carbocycles. The minimum absolute atomic E-state index is 0.117. The van der Waals surface area contributed by atoms with Crippen molar-refractivity contribution < 1.29 is 9.53 Å². The molecule has 0 N–H and O–H groups in total. The summed E-state index contributed by atoms with van der Waals surface area (Å²) >= 11 is 0. The van der Waals surface area contributed by atoms with Crippen LogP contribution in [0.4, 0.5) is 0 Å². The number of carbonyl (C=O) groups excluding carboxylic acids is 1. The summed E-state index contributed by atoms with van der Waals surface area (Å²) in [4.78, 5) is 12.0. The lowest BCUT2D eigenvalue weighted by Crippen LogP contribution is -2.04. The average molecular weight is 230 g/mol. The maximum absolute atomic E-state index is 12.0. The first-order valence-corrected chi connectivity index (χ1v) is 5.76. The molecule has 1 aromatic rings. The molecule has 0 saturated heterocycles. The van der Waals surface area contributed by atoms with Gasteiger partial charge in [-0.2, -0.15) is 0 Å². The van der Waals surface area contributed by atoms with Gasteiger partial charge >= 0.3 is 0 Å². The summed E-state index contributed by atoms with van der Waals surface area (Å²) in [6.07, 6.45) is 5.71. The summed E-state index contributed by atoms with van der Waals surface area (Å²) in [5, 5.41) is 0. The standard InChI is InChI=1S/C15H18O2/c1-3-5-6-10-14(16)13-9-7-8-11-15(13)17-12-4-2/h3-4,7-9,11H,1-2,5-6,10,12H2. The smallest absolute Gasteiger partial charge is 0.166 e. The number of allylic oxidation sites excluding steroid dienone is 1. The maximum Gasteiger partial charge on any atom is 0.166 e. The van der Waals surface area contributed by atoms with Crippen LogP contribution >= 0.6 is 0 Å². The van der Waals surface area contributed by atoms with Gasteiger partial charge in [-0.1, -0.05) is 30.9 Å². The summed E-state index contributed by atoms with van der Waals surface area (Å²) in [5.74, 6) is 0.752. The van der Waals surface area contributed by atoms with Crippen LogP contribution in [0, 0.1) is 0 Å². The van der Waals surface area contributed by atoms with E-state index in [0.717, 1.165) is 12.8 Å². The Balaban J connectivity index is 2.70. The van der Waals surface area contributed by atoms with E-state index in [0.29, 0.717) is 24.3 Å². The number of rotatable bonds is 8. The van der Waals surface area contributed by atoms with Crippen molar-refractivity contribution >= 4 is 5.78 Å². The van der Waals surface area contributed by atoms with Crippen LogP contribution in [-0.4, -0.2) is 12.4 Å². The molecule has 0 aliphatic heterocycles. The van der Waals surface area contributed by atoms with Crippen molar-refractivity contribution in [1.82, 2.24) is 0 Å². The lowest BCUT2D eigenvalue weighted by molar-refractivity contribution is 0.0977. The monoisotopic (exact) mass is 230 g/mol. The molecule has 0 bridgehead atoms. The van der Waals surface area contributed by atoms with Crippen LogP contribution in [0.5, 0.6) is 5.75 Å². The van der Waals surface area contributed by atoms with Crippen LogP contribution in [0.2, 0.25) is 0 Å². The molecule has 0 amide bonds. The van der Waals surface area contributed by atoms with E-state index < -0.39 is 0 Å². The highest BCUT2D eigenvalue weighted by Gasteiger charge is 2.10. The molecular formula is C15H18O2. The number of hydrogen-bond acceptors (Lipinski definition) is 2. The van der Waals surface area contributed by atoms with Crippen molar-refractivity contribution in [2.45, 2.75) is 19.3 Å². The van der Waals surface area contributed by atoms with Gasteiger partial charge in [0.1, 0.15) is 12.4 Å². The minimum atomic E-state index is 0.117. The Morgan fingerprint density at radius 3 is 2.71 bits per heavy atom. The molecule has 90 valence electrons. The molecular weight excluding hydrogens is 212 g/mol. The maximum atomic E-state index is 12.0. The van der Waals surface area contributed by atoms with Crippen molar-refractivity contribution in [3.8, 4) is 5.75 Å². The van der Waals surface area contributed by atoms with Crippen LogP contribution < -0.4 is 4.74 Å². The van der Waals surface area contributed by atoms with Gasteiger partial charge in [-0.05, 0) is 25.0 Å². The number of para-hydroxylation sites is 1. The summed E-state index contributed by atoms with van der Waals surface area (Å²) in [6.45, 7) is 7.64. The van der Waals surface area contributed by atoms with Crippen LogP contribution in [0.3, 0.4) is 0 Å². The largest absolute Gasteiger partial charge is 0.489 e. The van der Waals surface area contributed by atoms with E-state index in [1.165, 1.54) is 0 Å². The summed E-state index contributed by atoms with van der Waals surface area (Å²) < 4.78 is 5.45. The van der Waals surface area contributed by atoms with Gasteiger partial charge in [0.2, 0.25) is 0 Å². The number of Topliss-reactive ketones (excluding diaryl/α,β-unsaturated/α-hetero) is 1. The minimum Gasteiger partial charge on any atom is -0.489 e. The van der Waals surface area contributed by atoms with Gasteiger partial charge in [-0.3, -0.25) is 4.79 Å². The molecule has 0 radical (unpaired) electrons. The van der Waals surface area contributed by atoms with E-state index in [1.54, 1.807) is 12.1 Å². The lowest BCUT2D eigenvalue weighted by atomic mass is 10.0. The Hall–Kier alpha value is -1.83. The Morgan fingerprint density at radius 2 is 2.00 bits per heavy atom. The molecule has 0 aromatic heterocycles. The molecule has 0 aliphatic carbocycles. The second-order valence-electron chi connectivity index (χ2n) is 3.70. The third-order valence-corrected chi connectivity index (χ3v) is 2.36. The topological polar surface area (TPSA) is 26.3 Å². The van der Waals surface area contributed by atoms with Crippen molar-refractivity contribution in [2.24, 2.45) is 0 Å². The number of hydrogen-bond donors (Lipinski definition) is 0. The fraction of sp³-hybridized carbons (Fsp3) is 0.267. The predicted octanol–water partition coefficient (Wildman–Crippen LogP) is 3.79. The SMILES string of the molecule is C=CCCCC(=O)c1ccccc1OCC=C. The van der Waals surface area contributed by atoms with Crippen molar-refractivity contribution in [1.29, 1.82) is 0 Å². The number of benzene rings is 1. The van der Waals surface area contributed by atoms with E-state index in [9.17, 15) is 4.79 Å². The first kappa shape index (κ1) is 13.2. The highest BCUT2D eigenvalue weighted by Crippen LogP contribution is 2.20. The molecule has 0 fully saturated rings. The van der Waals surface area contributed by atoms with Crippen molar-refractivity contribution in [2.75, 3.05) is 6.61 Å². The third kappa shape index (κ3) is 4.27. The van der Waals surface area contributed by atoms with E-state index in [1.807, 2.05) is 24.3 Å². The molecule has 1 rings (SSSR count). The van der Waals surface area contributed by atoms with Gasteiger partial charge in [-0.25, -0.2) is 0 Å². The highest BCUT2D eigenvalue weighted by molar-refractivity contribution is 5.98. The fourth-order valence-corrected chi connectivity index (χ4v) is 1.51. The summed E-state index contributed by atoms with van der Waals surface area (Å²) in [6, 6.07) is 7.32. The third-order valence-electron chi connectivity index (χ3n) is 2.36. The van der Waals surface area contributed by atoms with Crippen molar-refractivity contribution in [3.63, 3.8) is 0 Å². The Labute approximate surface area is 103 Å². The predicted molar refractivity (Wildman–Crippen MR) is 70.5 cm³/mol. The molecule has 2 nitrogen and oxygen atoms in total. The first-order valence-electron chi connectivity index (χ1n) is 5.76. The Bertz CT molecular complexity index is 394. The first-order chi connectivity index (χ1) is 8.29. The zero-order valence-electron chi connectivity index (χ0n) is 10.0. The molecule has 1 aromatic carbocycles. The van der Waals surface area contributed by atoms with Crippen molar-refractivity contribution in [3.05, 3.63) is 55.1 Å². The van der Waals surface area contributed by atoms with Crippen LogP contribution in [0.25, 0.3) is 0 Å². The van der Waals surface area contributed by atoms with E-state index in [4.69, 9.17) is 4.74 Å². The second-order valence-corrected chi connectivity index (χ2v) is 3.70. The number of unbranched alkanes of at least 4 members (excludes halogenated alkanes) is 1. The molecule has 17 heavy (non-hydrogen) atoms. The number of ether oxygens (including phenoxy) is 1. The summed E-state index contributed by atoms with van der Waals surface area (Å²) in [5.41, 5.74) is 0.651. The number of ketones is 1. The lowest BCUT2D eigenvalue weighted by Gasteiger charge is -2.08. The van der Waals surface area contributed by atoms with Crippen LogP contribution in [0.15, 0.2) is 49.6 Å². The average Bonchev–Trinajstić information content (AvgIpc) is 2.37. The molecule has 0 spiro atoms. The molecule has 0 aliphatic rings. The normalized spacial score (nSPS) is 9.65. The van der Waals surface area contributed by atoms with Gasteiger partial charge in [0, 0.05) is 6.42 Å². The molecule has 0 atom stereocenters. The Kier molecular flexibility index (Phi) is 5.80. The number of carbonyl (C=O) groups is 1. The van der Waals surface area contributed by atoms with Gasteiger partial charge in [0.15, 0.2) is 5.78 Å². The van der Waals surface area contributed by atoms with Crippen LogP contribution in [0.1, 0.15) is 29.6 Å². The van der Waals surface area contributed by atoms with E-state index >= 15 is 0 Å². The second kappa shape index (κ2) is 7.44.